The second kappa shape index (κ2) is 13.9. The first-order chi connectivity index (χ1) is 13.9. The second-order valence-electron chi connectivity index (χ2n) is 7.80. The first kappa shape index (κ1) is 30.4. The number of halogens is 3. The topological polar surface area (TPSA) is 114 Å². The van der Waals surface area contributed by atoms with Crippen molar-refractivity contribution in [1.82, 2.24) is 15.5 Å². The van der Waals surface area contributed by atoms with Crippen LogP contribution in [0.4, 0.5) is 0 Å². The molecule has 1 fully saturated rings. The van der Waals surface area contributed by atoms with E-state index in [2.05, 4.69) is 10.6 Å². The quantitative estimate of drug-likeness (QED) is 0.531. The number of carbonyl (C=O) groups excluding carboxylic acids is 3. The van der Waals surface area contributed by atoms with Gasteiger partial charge < -0.3 is 26.0 Å². The lowest BCUT2D eigenvalue weighted by Gasteiger charge is -2.40. The number of primary amides is 1. The number of rotatable bonds is 6. The lowest BCUT2D eigenvalue weighted by Crippen LogP contribution is -2.60. The van der Waals surface area contributed by atoms with Gasteiger partial charge >= 0.3 is 0 Å². The third-order valence-electron chi connectivity index (χ3n) is 5.99. The highest BCUT2D eigenvalue weighted by Gasteiger charge is 2.40. The van der Waals surface area contributed by atoms with E-state index in [9.17, 15) is 14.4 Å². The van der Waals surface area contributed by atoms with Crippen LogP contribution in [0.5, 0.6) is 0 Å². The summed E-state index contributed by atoms with van der Waals surface area (Å²) in [4.78, 5) is 39.9. The van der Waals surface area contributed by atoms with Crippen molar-refractivity contribution in [2.24, 2.45) is 11.7 Å². The number of likely N-dealkylation sites (N-methyl/N-ethyl adjacent to an activating group) is 1. The van der Waals surface area contributed by atoms with Gasteiger partial charge in [-0.05, 0) is 43.9 Å². The number of hydrogen-bond acceptors (Lipinski definition) is 5. The molecule has 0 spiro atoms. The van der Waals surface area contributed by atoms with E-state index >= 15 is 0 Å². The summed E-state index contributed by atoms with van der Waals surface area (Å²) in [6.07, 6.45) is 1.74. The number of nitrogens with zero attached hydrogens (tertiary/aromatic N) is 1. The molecule has 2 aliphatic heterocycles. The van der Waals surface area contributed by atoms with Gasteiger partial charge in [0.25, 0.3) is 0 Å². The van der Waals surface area contributed by atoms with Crippen LogP contribution in [0.3, 0.4) is 0 Å². The number of fused-ring (bicyclic) bond motifs is 1. The van der Waals surface area contributed by atoms with E-state index in [1.165, 1.54) is 4.90 Å². The fourth-order valence-corrected chi connectivity index (χ4v) is 4.03. The van der Waals surface area contributed by atoms with Crippen molar-refractivity contribution in [3.05, 3.63) is 35.4 Å². The molecule has 0 aromatic heterocycles. The summed E-state index contributed by atoms with van der Waals surface area (Å²) in [6, 6.07) is 5.88. The number of nitrogens with one attached hydrogen (secondary N) is 2. The molecule has 3 amide bonds. The maximum absolute atomic E-state index is 13.6. The van der Waals surface area contributed by atoms with Gasteiger partial charge in [-0.1, -0.05) is 24.3 Å². The van der Waals surface area contributed by atoms with Crippen molar-refractivity contribution < 1.29 is 19.1 Å². The van der Waals surface area contributed by atoms with Gasteiger partial charge in [0.15, 0.2) is 0 Å². The largest absolute Gasteiger partial charge is 0.381 e. The van der Waals surface area contributed by atoms with Crippen LogP contribution in [0, 0.1) is 5.92 Å². The van der Waals surface area contributed by atoms with Gasteiger partial charge in [0.1, 0.15) is 12.1 Å². The van der Waals surface area contributed by atoms with Gasteiger partial charge in [-0.3, -0.25) is 14.4 Å². The summed E-state index contributed by atoms with van der Waals surface area (Å²) in [6.45, 7) is 3.14. The number of hydrogen-bond donors (Lipinski definition) is 3. The molecule has 2 aliphatic rings. The summed E-state index contributed by atoms with van der Waals surface area (Å²) in [5, 5.41) is 5.81. The standard InChI is InChI=1S/C21H30N4O4.3ClH/c1-13(23-2)20(27)24-18(14-7-9-29-10-8-14)21(28)25-12-16-6-4-3-5-15(16)11-17(25)19(22)26;;;/h3-6,13-14,17-18,23H,7-12H2,1-2H3,(H2,22,26)(H,24,27);3*1H/t13-,17?,18-;;;/m0.../s1. The van der Waals surface area contributed by atoms with Crippen molar-refractivity contribution in [3.63, 3.8) is 0 Å². The summed E-state index contributed by atoms with van der Waals surface area (Å²) in [7, 11) is 1.69. The molecule has 182 valence electrons. The summed E-state index contributed by atoms with van der Waals surface area (Å²) < 4.78 is 5.43. The average Bonchev–Trinajstić information content (AvgIpc) is 2.75. The van der Waals surface area contributed by atoms with Crippen LogP contribution in [0.1, 0.15) is 30.9 Å². The van der Waals surface area contributed by atoms with E-state index in [0.717, 1.165) is 11.1 Å². The number of amides is 3. The van der Waals surface area contributed by atoms with Gasteiger partial charge in [0.05, 0.1) is 6.04 Å². The monoisotopic (exact) mass is 510 g/mol. The van der Waals surface area contributed by atoms with Crippen LogP contribution >= 0.6 is 37.2 Å². The van der Waals surface area contributed by atoms with E-state index in [4.69, 9.17) is 10.5 Å². The molecule has 0 aliphatic carbocycles. The number of carbonyl (C=O) groups is 3. The molecule has 1 saturated heterocycles. The van der Waals surface area contributed by atoms with Gasteiger partial charge in [0.2, 0.25) is 17.7 Å². The van der Waals surface area contributed by atoms with Gasteiger partial charge in [-0.15, -0.1) is 37.2 Å². The predicted molar refractivity (Wildman–Crippen MR) is 129 cm³/mol. The smallest absolute Gasteiger partial charge is 0.246 e. The maximum atomic E-state index is 13.6. The molecule has 3 atom stereocenters. The molecule has 0 radical (unpaired) electrons. The Labute approximate surface area is 207 Å². The Hall–Kier alpha value is -1.58. The highest BCUT2D eigenvalue weighted by Crippen LogP contribution is 2.27. The minimum atomic E-state index is -0.724. The molecule has 2 heterocycles. The zero-order valence-electron chi connectivity index (χ0n) is 18.2. The maximum Gasteiger partial charge on any atom is 0.246 e. The van der Waals surface area contributed by atoms with Crippen molar-refractivity contribution in [2.45, 2.75) is 50.9 Å². The average molecular weight is 512 g/mol. The van der Waals surface area contributed by atoms with Crippen LogP contribution in [0.2, 0.25) is 0 Å². The minimum Gasteiger partial charge on any atom is -0.381 e. The molecule has 3 rings (SSSR count). The predicted octanol–water partition coefficient (Wildman–Crippen LogP) is 1.21. The molecule has 8 nitrogen and oxygen atoms in total. The number of ether oxygens (including phenoxy) is 1. The van der Waals surface area contributed by atoms with Crippen molar-refractivity contribution in [3.8, 4) is 0 Å². The van der Waals surface area contributed by atoms with Crippen LogP contribution in [-0.2, 0) is 32.1 Å². The Bertz CT molecular complexity index is 777. The zero-order chi connectivity index (χ0) is 21.0. The second-order valence-corrected chi connectivity index (χ2v) is 7.80. The molecular weight excluding hydrogens is 479 g/mol. The van der Waals surface area contributed by atoms with E-state index in [0.29, 0.717) is 39.0 Å². The Morgan fingerprint density at radius 1 is 1.09 bits per heavy atom. The highest BCUT2D eigenvalue weighted by molar-refractivity contribution is 5.93. The Morgan fingerprint density at radius 2 is 1.69 bits per heavy atom. The van der Waals surface area contributed by atoms with Gasteiger partial charge in [-0.2, -0.15) is 0 Å². The van der Waals surface area contributed by atoms with Crippen LogP contribution in [0.25, 0.3) is 0 Å². The summed E-state index contributed by atoms with van der Waals surface area (Å²) in [5.41, 5.74) is 7.67. The van der Waals surface area contributed by atoms with Crippen LogP contribution < -0.4 is 16.4 Å². The Morgan fingerprint density at radius 3 is 2.25 bits per heavy atom. The summed E-state index contributed by atoms with van der Waals surface area (Å²) >= 11 is 0. The first-order valence-corrected chi connectivity index (χ1v) is 10.1. The van der Waals surface area contributed by atoms with E-state index in [1.54, 1.807) is 14.0 Å². The van der Waals surface area contributed by atoms with Crippen LogP contribution in [0.15, 0.2) is 24.3 Å². The molecule has 1 unspecified atom stereocenters. The molecule has 4 N–H and O–H groups in total. The number of benzene rings is 1. The molecule has 0 saturated carbocycles. The molecular formula is C21H33Cl3N4O4. The van der Waals surface area contributed by atoms with Crippen molar-refractivity contribution >= 4 is 54.9 Å². The SMILES string of the molecule is CN[C@@H](C)C(=O)N[C@H](C(=O)N1Cc2ccccc2CC1C(N)=O)C1CCOCC1.Cl.Cl.Cl. The Kier molecular flexibility index (Phi) is 13.2. The third-order valence-corrected chi connectivity index (χ3v) is 5.99. The molecule has 1 aromatic rings. The Balaban J connectivity index is 0.00000320. The van der Waals surface area contributed by atoms with E-state index in [1.807, 2.05) is 24.3 Å². The zero-order valence-corrected chi connectivity index (χ0v) is 20.7. The first-order valence-electron chi connectivity index (χ1n) is 10.1. The minimum absolute atomic E-state index is 0. The number of nitrogens with two attached hydrogens (primary N) is 1. The van der Waals surface area contributed by atoms with Crippen molar-refractivity contribution in [2.75, 3.05) is 20.3 Å². The molecule has 0 bridgehead atoms. The highest BCUT2D eigenvalue weighted by atomic mass is 35.5. The lowest BCUT2D eigenvalue weighted by atomic mass is 9.88. The van der Waals surface area contributed by atoms with Crippen LogP contribution in [-0.4, -0.2) is 61.0 Å². The molecule has 32 heavy (non-hydrogen) atoms. The summed E-state index contributed by atoms with van der Waals surface area (Å²) in [5.74, 6) is -1.08. The fourth-order valence-electron chi connectivity index (χ4n) is 4.03. The van der Waals surface area contributed by atoms with E-state index in [-0.39, 0.29) is 55.0 Å². The third kappa shape index (κ3) is 6.96. The van der Waals surface area contributed by atoms with Crippen molar-refractivity contribution in [1.29, 1.82) is 0 Å². The fraction of sp³-hybridized carbons (Fsp3) is 0.571. The lowest BCUT2D eigenvalue weighted by molar-refractivity contribution is -0.146. The normalized spacial score (nSPS) is 19.7. The van der Waals surface area contributed by atoms with Gasteiger partial charge in [0, 0.05) is 26.2 Å². The molecule has 11 heteroatoms. The van der Waals surface area contributed by atoms with E-state index < -0.39 is 24.0 Å². The molecule has 1 aromatic carbocycles. The van der Waals surface area contributed by atoms with Gasteiger partial charge in [-0.25, -0.2) is 0 Å².